The van der Waals surface area contributed by atoms with Crippen LogP contribution in [0.2, 0.25) is 5.02 Å². The van der Waals surface area contributed by atoms with Crippen molar-refractivity contribution >= 4 is 33.2 Å². The Morgan fingerprint density at radius 3 is 2.50 bits per heavy atom. The summed E-state index contributed by atoms with van der Waals surface area (Å²) in [6.45, 7) is 2.15. The molecular weight excluding hydrogens is 338 g/mol. The summed E-state index contributed by atoms with van der Waals surface area (Å²) in [4.78, 5) is 0. The number of rotatable bonds is 5. The molecule has 0 spiro atoms. The smallest absolute Gasteiger partial charge is 0.121 e. The third kappa shape index (κ3) is 3.68. The van der Waals surface area contributed by atoms with Crippen molar-refractivity contribution < 1.29 is 4.74 Å². The lowest BCUT2D eigenvalue weighted by Crippen LogP contribution is -2.10. The minimum Gasteiger partial charge on any atom is -0.497 e. The molecule has 2 aromatic rings. The monoisotopic (exact) mass is 353 g/mol. The minimum absolute atomic E-state index is 0.232. The molecule has 0 heterocycles. The van der Waals surface area contributed by atoms with Gasteiger partial charge in [-0.1, -0.05) is 30.7 Å². The first-order chi connectivity index (χ1) is 9.63. The van der Waals surface area contributed by atoms with Gasteiger partial charge in [0.1, 0.15) is 5.75 Å². The predicted octanol–water partition coefficient (Wildman–Crippen LogP) is 5.67. The normalized spacial score (nSPS) is 12.0. The Labute approximate surface area is 133 Å². The van der Waals surface area contributed by atoms with Crippen molar-refractivity contribution in [3.8, 4) is 5.75 Å². The number of benzene rings is 2. The molecule has 0 aliphatic heterocycles. The van der Waals surface area contributed by atoms with Gasteiger partial charge < -0.3 is 10.1 Å². The molecule has 4 heteroatoms. The third-order valence-corrected chi connectivity index (χ3v) is 4.13. The van der Waals surface area contributed by atoms with Gasteiger partial charge in [-0.05, 0) is 52.2 Å². The van der Waals surface area contributed by atoms with E-state index in [4.69, 9.17) is 16.3 Å². The second kappa shape index (κ2) is 7.00. The first-order valence-corrected chi connectivity index (χ1v) is 7.66. The molecule has 0 bridgehead atoms. The summed E-state index contributed by atoms with van der Waals surface area (Å²) in [5.74, 6) is 0.835. The summed E-state index contributed by atoms with van der Waals surface area (Å²) in [5.41, 5.74) is 2.23. The fraction of sp³-hybridized carbons (Fsp3) is 0.250. The van der Waals surface area contributed by atoms with E-state index in [0.29, 0.717) is 0 Å². The maximum absolute atomic E-state index is 5.94. The maximum atomic E-state index is 5.94. The van der Waals surface area contributed by atoms with Crippen molar-refractivity contribution in [2.45, 2.75) is 19.4 Å². The number of anilines is 1. The van der Waals surface area contributed by atoms with Crippen molar-refractivity contribution in [3.05, 3.63) is 57.5 Å². The van der Waals surface area contributed by atoms with Crippen LogP contribution >= 0.6 is 27.5 Å². The van der Waals surface area contributed by atoms with Crippen LogP contribution in [0, 0.1) is 0 Å². The van der Waals surface area contributed by atoms with E-state index in [9.17, 15) is 0 Å². The highest BCUT2D eigenvalue weighted by Crippen LogP contribution is 2.31. The Balaban J connectivity index is 2.23. The summed E-state index contributed by atoms with van der Waals surface area (Å²) in [7, 11) is 1.67. The summed E-state index contributed by atoms with van der Waals surface area (Å²) < 4.78 is 6.29. The van der Waals surface area contributed by atoms with Crippen LogP contribution in [0.3, 0.4) is 0 Å². The van der Waals surface area contributed by atoms with Gasteiger partial charge >= 0.3 is 0 Å². The van der Waals surface area contributed by atoms with Crippen LogP contribution in [0.25, 0.3) is 0 Å². The number of halogens is 2. The van der Waals surface area contributed by atoms with Crippen LogP contribution in [0.5, 0.6) is 5.75 Å². The zero-order valence-electron chi connectivity index (χ0n) is 11.5. The average molecular weight is 355 g/mol. The standard InChI is InChI=1S/C16H17BrClNO/c1-3-15(11-4-6-12(18)7-5-11)19-16-10-13(20-2)8-9-14(16)17/h4-10,15,19H,3H2,1-2H3. The van der Waals surface area contributed by atoms with Gasteiger partial charge in [-0.25, -0.2) is 0 Å². The molecule has 0 saturated heterocycles. The molecule has 1 unspecified atom stereocenters. The first kappa shape index (κ1) is 15.2. The van der Waals surface area contributed by atoms with Crippen LogP contribution < -0.4 is 10.1 Å². The molecule has 0 radical (unpaired) electrons. The molecule has 2 aromatic carbocycles. The van der Waals surface area contributed by atoms with Crippen molar-refractivity contribution in [3.63, 3.8) is 0 Å². The van der Waals surface area contributed by atoms with Crippen LogP contribution in [0.4, 0.5) is 5.69 Å². The van der Waals surface area contributed by atoms with Crippen molar-refractivity contribution in [2.75, 3.05) is 12.4 Å². The topological polar surface area (TPSA) is 21.3 Å². The van der Waals surface area contributed by atoms with Crippen LogP contribution in [0.15, 0.2) is 46.9 Å². The quantitative estimate of drug-likeness (QED) is 0.746. The number of hydrogen-bond donors (Lipinski definition) is 1. The molecule has 20 heavy (non-hydrogen) atoms. The van der Waals surface area contributed by atoms with Crippen molar-refractivity contribution in [2.24, 2.45) is 0 Å². The van der Waals surface area contributed by atoms with E-state index < -0.39 is 0 Å². The zero-order chi connectivity index (χ0) is 14.5. The van der Waals surface area contributed by atoms with Gasteiger partial charge in [0.25, 0.3) is 0 Å². The van der Waals surface area contributed by atoms with Crippen molar-refractivity contribution in [1.82, 2.24) is 0 Å². The number of hydrogen-bond acceptors (Lipinski definition) is 2. The molecule has 0 aliphatic rings. The predicted molar refractivity (Wildman–Crippen MR) is 88.8 cm³/mol. The molecule has 0 fully saturated rings. The van der Waals surface area contributed by atoms with Crippen molar-refractivity contribution in [1.29, 1.82) is 0 Å². The molecule has 0 amide bonds. The lowest BCUT2D eigenvalue weighted by molar-refractivity contribution is 0.415. The number of ether oxygens (including phenoxy) is 1. The van der Waals surface area contributed by atoms with Gasteiger partial charge in [-0.2, -0.15) is 0 Å². The molecule has 106 valence electrons. The highest BCUT2D eigenvalue weighted by molar-refractivity contribution is 9.10. The molecule has 1 atom stereocenters. The third-order valence-electron chi connectivity index (χ3n) is 3.18. The average Bonchev–Trinajstić information content (AvgIpc) is 2.47. The van der Waals surface area contributed by atoms with E-state index in [-0.39, 0.29) is 6.04 Å². The van der Waals surface area contributed by atoms with E-state index in [0.717, 1.165) is 27.4 Å². The lowest BCUT2D eigenvalue weighted by Gasteiger charge is -2.20. The zero-order valence-corrected chi connectivity index (χ0v) is 13.8. The summed E-state index contributed by atoms with van der Waals surface area (Å²) in [6, 6.07) is 14.1. The van der Waals surface area contributed by atoms with Gasteiger partial charge in [-0.15, -0.1) is 0 Å². The first-order valence-electron chi connectivity index (χ1n) is 6.49. The van der Waals surface area contributed by atoms with Crippen LogP contribution in [0.1, 0.15) is 24.9 Å². The number of nitrogens with one attached hydrogen (secondary N) is 1. The van der Waals surface area contributed by atoms with Crippen LogP contribution in [-0.2, 0) is 0 Å². The Kier molecular flexibility index (Phi) is 5.32. The molecular formula is C16H17BrClNO. The van der Waals surface area contributed by atoms with E-state index in [1.807, 2.05) is 30.3 Å². The Hall–Kier alpha value is -1.19. The molecule has 0 aliphatic carbocycles. The van der Waals surface area contributed by atoms with Gasteiger partial charge in [0.15, 0.2) is 0 Å². The van der Waals surface area contributed by atoms with E-state index >= 15 is 0 Å². The minimum atomic E-state index is 0.232. The van der Waals surface area contributed by atoms with Gasteiger partial charge in [0.2, 0.25) is 0 Å². The maximum Gasteiger partial charge on any atom is 0.121 e. The molecule has 2 nitrogen and oxygen atoms in total. The molecule has 0 saturated carbocycles. The lowest BCUT2D eigenvalue weighted by atomic mass is 10.0. The Morgan fingerprint density at radius 2 is 1.90 bits per heavy atom. The fourth-order valence-electron chi connectivity index (χ4n) is 2.05. The molecule has 1 N–H and O–H groups in total. The highest BCUT2D eigenvalue weighted by Gasteiger charge is 2.11. The SMILES string of the molecule is CCC(Nc1cc(OC)ccc1Br)c1ccc(Cl)cc1. The fourth-order valence-corrected chi connectivity index (χ4v) is 2.53. The summed E-state index contributed by atoms with van der Waals surface area (Å²) >= 11 is 9.50. The molecule has 2 rings (SSSR count). The van der Waals surface area contributed by atoms with Gasteiger partial charge in [-0.3, -0.25) is 0 Å². The van der Waals surface area contributed by atoms with Crippen LogP contribution in [-0.4, -0.2) is 7.11 Å². The highest BCUT2D eigenvalue weighted by atomic mass is 79.9. The second-order valence-electron chi connectivity index (χ2n) is 4.50. The number of methoxy groups -OCH3 is 1. The van der Waals surface area contributed by atoms with E-state index in [1.54, 1.807) is 7.11 Å². The van der Waals surface area contributed by atoms with Gasteiger partial charge in [0.05, 0.1) is 18.8 Å². The summed E-state index contributed by atoms with van der Waals surface area (Å²) in [6.07, 6.45) is 0.977. The Bertz CT molecular complexity index is 571. The second-order valence-corrected chi connectivity index (χ2v) is 5.79. The van der Waals surface area contributed by atoms with Gasteiger partial charge in [0, 0.05) is 15.6 Å². The Morgan fingerprint density at radius 1 is 1.20 bits per heavy atom. The largest absolute Gasteiger partial charge is 0.497 e. The van der Waals surface area contributed by atoms with E-state index in [2.05, 4.69) is 40.3 Å². The molecule has 0 aromatic heterocycles. The van der Waals surface area contributed by atoms with E-state index in [1.165, 1.54) is 5.56 Å². The summed E-state index contributed by atoms with van der Waals surface area (Å²) in [5, 5.41) is 4.29.